The molecule has 0 amide bonds. The van der Waals surface area contributed by atoms with Gasteiger partial charge in [0.25, 0.3) is 5.69 Å². The molecule has 0 aliphatic rings. The van der Waals surface area contributed by atoms with E-state index in [-0.39, 0.29) is 22.0 Å². The molecule has 216 valence electrons. The highest BCUT2D eigenvalue weighted by molar-refractivity contribution is 5.53. The van der Waals surface area contributed by atoms with Crippen LogP contribution in [-0.4, -0.2) is 54.3 Å². The van der Waals surface area contributed by atoms with Gasteiger partial charge in [-0.2, -0.15) is 67.3 Å². The third-order valence-corrected chi connectivity index (χ3v) is 5.07. The van der Waals surface area contributed by atoms with E-state index in [1.165, 1.54) is 12.1 Å². The Kier molecular flexibility index (Phi) is 8.20. The topological polar surface area (TPSA) is 71.1 Å². The van der Waals surface area contributed by atoms with Gasteiger partial charge in [-0.05, 0) is 36.4 Å². The van der Waals surface area contributed by atoms with E-state index in [9.17, 15) is 67.2 Å². The Morgan fingerprint density at radius 2 is 1.05 bits per heavy atom. The number of hydrogen-bond donors (Lipinski definition) is 0. The van der Waals surface area contributed by atoms with Crippen LogP contribution in [0.2, 0.25) is 0 Å². The maximum atomic E-state index is 14.1. The predicted molar refractivity (Wildman–Crippen MR) is 108 cm³/mol. The monoisotopic (exact) mass is 588 g/mol. The molecule has 2 aromatic rings. The zero-order valence-corrected chi connectivity index (χ0v) is 18.8. The van der Waals surface area contributed by atoms with Crippen molar-refractivity contribution in [2.75, 3.05) is 18.5 Å². The Labute approximate surface area is 208 Å². The smallest absolute Gasteiger partial charge is 0.368 e. The van der Waals surface area contributed by atoms with Gasteiger partial charge in [-0.25, -0.2) is 0 Å². The van der Waals surface area contributed by atoms with Crippen LogP contribution >= 0.6 is 0 Å². The van der Waals surface area contributed by atoms with Crippen molar-refractivity contribution in [1.82, 2.24) is 0 Å². The molecular formula is C20H13F13N4O2. The summed E-state index contributed by atoms with van der Waals surface area (Å²) in [6, 6.07) is 8.49. The summed E-state index contributed by atoms with van der Waals surface area (Å²) in [5.41, 5.74) is -0.574. The highest BCUT2D eigenvalue weighted by Gasteiger charge is 2.90. The van der Waals surface area contributed by atoms with E-state index < -0.39 is 52.9 Å². The fourth-order valence-electron chi connectivity index (χ4n) is 2.82. The summed E-state index contributed by atoms with van der Waals surface area (Å²) < 4.78 is 172. The first kappa shape index (κ1) is 31.5. The number of anilines is 1. The van der Waals surface area contributed by atoms with E-state index in [0.717, 1.165) is 36.4 Å². The Morgan fingerprint density at radius 3 is 1.44 bits per heavy atom. The first-order valence-corrected chi connectivity index (χ1v) is 9.93. The SMILES string of the molecule is CN(CC(F)(F)C(F)(F)C(F)(F)C(F)(F)C(F)(F)C(F)(F)F)c1ccc(N=Nc2ccc([N+](=O)[O-])cc2)cc1. The predicted octanol–water partition coefficient (Wildman–Crippen LogP) is 8.19. The quantitative estimate of drug-likeness (QED) is 0.122. The molecule has 19 heteroatoms. The third-order valence-electron chi connectivity index (χ3n) is 5.07. The van der Waals surface area contributed by atoms with E-state index in [1.54, 1.807) is 0 Å². The number of nitro groups is 1. The minimum absolute atomic E-state index is 0.0110. The third kappa shape index (κ3) is 5.70. The molecule has 0 unspecified atom stereocenters. The summed E-state index contributed by atoms with van der Waals surface area (Å²) >= 11 is 0. The van der Waals surface area contributed by atoms with E-state index in [0.29, 0.717) is 7.05 Å². The number of rotatable bonds is 10. The molecule has 0 saturated heterocycles. The van der Waals surface area contributed by atoms with Gasteiger partial charge < -0.3 is 4.90 Å². The first-order valence-electron chi connectivity index (χ1n) is 9.93. The molecule has 0 fully saturated rings. The summed E-state index contributed by atoms with van der Waals surface area (Å²) in [4.78, 5) is 10.0. The van der Waals surface area contributed by atoms with Crippen molar-refractivity contribution in [1.29, 1.82) is 0 Å². The van der Waals surface area contributed by atoms with Crippen molar-refractivity contribution in [3.8, 4) is 0 Å². The molecule has 0 radical (unpaired) electrons. The highest BCUT2D eigenvalue weighted by Crippen LogP contribution is 2.60. The lowest BCUT2D eigenvalue weighted by Crippen LogP contribution is -2.71. The number of azo groups is 1. The Morgan fingerprint density at radius 1 is 0.667 bits per heavy atom. The van der Waals surface area contributed by atoms with Crippen LogP contribution < -0.4 is 4.90 Å². The second kappa shape index (κ2) is 10.1. The Bertz CT molecular complexity index is 1200. The van der Waals surface area contributed by atoms with Crippen LogP contribution in [0, 0.1) is 10.1 Å². The van der Waals surface area contributed by atoms with Crippen LogP contribution in [0.3, 0.4) is 0 Å². The molecule has 0 saturated carbocycles. The van der Waals surface area contributed by atoms with Gasteiger partial charge in [0, 0.05) is 24.9 Å². The van der Waals surface area contributed by atoms with Crippen LogP contribution in [-0.2, 0) is 0 Å². The molecule has 6 nitrogen and oxygen atoms in total. The van der Waals surface area contributed by atoms with Gasteiger partial charge in [0.2, 0.25) is 0 Å². The van der Waals surface area contributed by atoms with E-state index in [1.807, 2.05) is 0 Å². The zero-order valence-electron chi connectivity index (χ0n) is 18.8. The summed E-state index contributed by atoms with van der Waals surface area (Å²) in [7, 11) is 0.581. The van der Waals surface area contributed by atoms with Crippen molar-refractivity contribution in [3.63, 3.8) is 0 Å². The fraction of sp³-hybridized carbons (Fsp3) is 0.400. The lowest BCUT2D eigenvalue weighted by atomic mass is 9.93. The maximum Gasteiger partial charge on any atom is 0.460 e. The minimum Gasteiger partial charge on any atom is -0.368 e. The van der Waals surface area contributed by atoms with Crippen molar-refractivity contribution in [3.05, 3.63) is 58.6 Å². The van der Waals surface area contributed by atoms with Crippen molar-refractivity contribution < 1.29 is 62.0 Å². The Balaban J connectivity index is 2.23. The van der Waals surface area contributed by atoms with E-state index in [2.05, 4.69) is 10.2 Å². The van der Waals surface area contributed by atoms with Gasteiger partial charge in [-0.3, -0.25) is 10.1 Å². The average molecular weight is 588 g/mol. The first-order chi connectivity index (χ1) is 17.5. The molecule has 2 aromatic carbocycles. The zero-order chi connectivity index (χ0) is 30.2. The summed E-state index contributed by atoms with van der Waals surface area (Å²) in [6.45, 7) is -2.52. The molecule has 0 heterocycles. The van der Waals surface area contributed by atoms with Crippen LogP contribution in [0.5, 0.6) is 0 Å². The number of alkyl halides is 13. The van der Waals surface area contributed by atoms with Gasteiger partial charge in [-0.1, -0.05) is 0 Å². The van der Waals surface area contributed by atoms with Gasteiger partial charge in [0.1, 0.15) is 0 Å². The fourth-order valence-corrected chi connectivity index (χ4v) is 2.82. The second-order valence-electron chi connectivity index (χ2n) is 7.85. The number of nitrogens with zero attached hydrogens (tertiary/aromatic N) is 4. The van der Waals surface area contributed by atoms with E-state index in [4.69, 9.17) is 0 Å². The van der Waals surface area contributed by atoms with Crippen molar-refractivity contribution >= 4 is 22.7 Å². The summed E-state index contributed by atoms with van der Waals surface area (Å²) in [5.74, 6) is -37.2. The Hall–Kier alpha value is -3.67. The van der Waals surface area contributed by atoms with Crippen molar-refractivity contribution in [2.24, 2.45) is 10.2 Å². The maximum absolute atomic E-state index is 14.1. The van der Waals surface area contributed by atoms with Crippen LogP contribution in [0.1, 0.15) is 0 Å². The molecule has 39 heavy (non-hydrogen) atoms. The second-order valence-corrected chi connectivity index (χ2v) is 7.85. The number of benzene rings is 2. The van der Waals surface area contributed by atoms with Gasteiger partial charge in [-0.15, -0.1) is 0 Å². The standard InChI is InChI=1S/C20H13F13N4O2/c1-36(13-6-2-11(3-7-13)34-35-12-4-8-14(9-5-12)37(38)39)10-15(21,22)16(23,24)17(25,26)18(27,28)19(29,30)20(31,32)33/h2-9H,10H2,1H3. The lowest BCUT2D eigenvalue weighted by Gasteiger charge is -2.40. The van der Waals surface area contributed by atoms with Gasteiger partial charge in [0.05, 0.1) is 22.8 Å². The summed E-state index contributed by atoms with van der Waals surface area (Å²) in [6.07, 6.45) is -7.47. The van der Waals surface area contributed by atoms with Gasteiger partial charge in [0.15, 0.2) is 0 Å². The molecule has 0 bridgehead atoms. The van der Waals surface area contributed by atoms with Crippen molar-refractivity contribution in [2.45, 2.75) is 35.8 Å². The number of hydrogen-bond acceptors (Lipinski definition) is 5. The lowest BCUT2D eigenvalue weighted by molar-refractivity contribution is -0.438. The molecule has 0 spiro atoms. The number of nitro benzene ring substituents is 1. The van der Waals surface area contributed by atoms with Crippen LogP contribution in [0.15, 0.2) is 58.8 Å². The average Bonchev–Trinajstić information content (AvgIpc) is 2.81. The highest BCUT2D eigenvalue weighted by atomic mass is 19.4. The number of non-ortho nitro benzene ring substituents is 1. The molecular weight excluding hydrogens is 575 g/mol. The van der Waals surface area contributed by atoms with Crippen LogP contribution in [0.25, 0.3) is 0 Å². The molecule has 0 aliphatic carbocycles. The largest absolute Gasteiger partial charge is 0.460 e. The van der Waals surface area contributed by atoms with E-state index >= 15 is 0 Å². The molecule has 2 rings (SSSR count). The number of halogens is 13. The normalized spacial score (nSPS) is 14.1. The molecule has 0 aromatic heterocycles. The van der Waals surface area contributed by atoms with Gasteiger partial charge >= 0.3 is 35.8 Å². The summed E-state index contributed by atoms with van der Waals surface area (Å²) in [5, 5.41) is 18.0. The molecule has 0 aliphatic heterocycles. The minimum atomic E-state index is -7.96. The van der Waals surface area contributed by atoms with Crippen LogP contribution in [0.4, 0.5) is 79.8 Å². The molecule has 0 atom stereocenters. The molecule has 0 N–H and O–H groups in total.